The monoisotopic (exact) mass is 292 g/mol. The Labute approximate surface area is 118 Å². The van der Waals surface area contributed by atoms with Crippen LogP contribution in [0.4, 0.5) is 0 Å². The third-order valence-corrected chi connectivity index (χ3v) is 3.37. The number of nitrogen functional groups attached to an aromatic ring is 1. The molecule has 20 heavy (non-hydrogen) atoms. The van der Waals surface area contributed by atoms with Crippen molar-refractivity contribution in [2.45, 2.75) is 5.16 Å². The number of ether oxygens (including phenoxy) is 1. The van der Waals surface area contributed by atoms with E-state index in [0.717, 1.165) is 16.4 Å². The van der Waals surface area contributed by atoms with Crippen LogP contribution in [0.2, 0.25) is 0 Å². The van der Waals surface area contributed by atoms with Gasteiger partial charge in [-0.2, -0.15) is 4.68 Å². The predicted molar refractivity (Wildman–Crippen MR) is 74.6 cm³/mol. The van der Waals surface area contributed by atoms with Crippen molar-refractivity contribution in [2.75, 3.05) is 18.7 Å². The van der Waals surface area contributed by atoms with E-state index in [1.165, 1.54) is 7.11 Å². The van der Waals surface area contributed by atoms with E-state index in [4.69, 9.17) is 5.84 Å². The molecule has 2 N–H and O–H groups in total. The number of carbonyl (C=O) groups is 1. The van der Waals surface area contributed by atoms with Crippen molar-refractivity contribution in [2.24, 2.45) is 0 Å². The van der Waals surface area contributed by atoms with Gasteiger partial charge in [-0.3, -0.25) is 9.59 Å². The average Bonchev–Trinajstić information content (AvgIpc) is 2.49. The molecule has 0 aliphatic rings. The molecular formula is C12H12N4O3S. The van der Waals surface area contributed by atoms with Crippen molar-refractivity contribution >= 4 is 17.7 Å². The molecule has 1 aromatic heterocycles. The van der Waals surface area contributed by atoms with Crippen LogP contribution >= 0.6 is 11.8 Å². The molecule has 0 unspecified atom stereocenters. The number of nitrogens with zero attached hydrogens (tertiary/aromatic N) is 3. The van der Waals surface area contributed by atoms with E-state index < -0.39 is 11.5 Å². The molecule has 2 rings (SSSR count). The molecule has 0 saturated carbocycles. The SMILES string of the molecule is COC(=O)CSc1nnc(-c2ccccc2)c(=O)n1N. The third kappa shape index (κ3) is 2.97. The molecule has 0 saturated heterocycles. The van der Waals surface area contributed by atoms with Gasteiger partial charge in [0.15, 0.2) is 5.69 Å². The Hall–Kier alpha value is -2.35. The number of carbonyl (C=O) groups excluding carboxylic acids is 1. The number of thioether (sulfide) groups is 1. The number of rotatable bonds is 4. The summed E-state index contributed by atoms with van der Waals surface area (Å²) in [7, 11) is 1.28. The fourth-order valence-electron chi connectivity index (χ4n) is 1.44. The van der Waals surface area contributed by atoms with Gasteiger partial charge in [0.1, 0.15) is 0 Å². The zero-order valence-corrected chi connectivity index (χ0v) is 11.5. The van der Waals surface area contributed by atoms with Gasteiger partial charge in [-0.05, 0) is 0 Å². The number of hydrogen-bond donors (Lipinski definition) is 1. The largest absolute Gasteiger partial charge is 0.468 e. The quantitative estimate of drug-likeness (QED) is 0.491. The van der Waals surface area contributed by atoms with Crippen LogP contribution in [0.5, 0.6) is 0 Å². The molecule has 1 heterocycles. The molecule has 0 aliphatic carbocycles. The van der Waals surface area contributed by atoms with E-state index in [1.54, 1.807) is 24.3 Å². The Morgan fingerprint density at radius 3 is 2.70 bits per heavy atom. The lowest BCUT2D eigenvalue weighted by Crippen LogP contribution is -2.32. The summed E-state index contributed by atoms with van der Waals surface area (Å²) < 4.78 is 5.38. The average molecular weight is 292 g/mol. The maximum absolute atomic E-state index is 12.1. The summed E-state index contributed by atoms with van der Waals surface area (Å²) in [5.41, 5.74) is 0.322. The van der Waals surface area contributed by atoms with Gasteiger partial charge in [0.05, 0.1) is 12.9 Å². The Morgan fingerprint density at radius 1 is 1.35 bits per heavy atom. The van der Waals surface area contributed by atoms with Crippen LogP contribution < -0.4 is 11.4 Å². The number of nitrogens with two attached hydrogens (primary N) is 1. The van der Waals surface area contributed by atoms with Crippen LogP contribution in [-0.2, 0) is 9.53 Å². The minimum atomic E-state index is -0.474. The predicted octanol–water partition coefficient (Wildman–Crippen LogP) is 0.284. The maximum Gasteiger partial charge on any atom is 0.316 e. The van der Waals surface area contributed by atoms with E-state index in [2.05, 4.69) is 14.9 Å². The summed E-state index contributed by atoms with van der Waals surface area (Å²) in [5, 5.41) is 7.89. The zero-order valence-electron chi connectivity index (χ0n) is 10.6. The Balaban J connectivity index is 2.30. The second-order valence-corrected chi connectivity index (χ2v) is 4.68. The second kappa shape index (κ2) is 6.20. The van der Waals surface area contributed by atoms with Crippen molar-refractivity contribution in [3.8, 4) is 11.3 Å². The lowest BCUT2D eigenvalue weighted by Gasteiger charge is -2.06. The van der Waals surface area contributed by atoms with E-state index in [1.807, 2.05) is 6.07 Å². The molecule has 0 spiro atoms. The molecule has 0 fully saturated rings. The van der Waals surface area contributed by atoms with Gasteiger partial charge in [-0.25, -0.2) is 0 Å². The summed E-state index contributed by atoms with van der Waals surface area (Å²) in [6.07, 6.45) is 0. The van der Waals surface area contributed by atoms with E-state index in [9.17, 15) is 9.59 Å². The van der Waals surface area contributed by atoms with Crippen molar-refractivity contribution in [3.05, 3.63) is 40.7 Å². The lowest BCUT2D eigenvalue weighted by atomic mass is 10.2. The van der Waals surface area contributed by atoms with E-state index in [0.29, 0.717) is 5.56 Å². The molecule has 8 heteroatoms. The van der Waals surface area contributed by atoms with E-state index >= 15 is 0 Å². The van der Waals surface area contributed by atoms with Crippen LogP contribution in [0.25, 0.3) is 11.3 Å². The first-order valence-electron chi connectivity index (χ1n) is 5.63. The summed E-state index contributed by atoms with van der Waals surface area (Å²) in [5.74, 6) is 5.25. The molecule has 0 bridgehead atoms. The molecule has 0 atom stereocenters. The number of benzene rings is 1. The molecule has 104 valence electrons. The lowest BCUT2D eigenvalue weighted by molar-refractivity contribution is -0.137. The van der Waals surface area contributed by atoms with Gasteiger partial charge in [0.25, 0.3) is 5.56 Å². The standard InChI is InChI=1S/C12H12N4O3S/c1-19-9(17)7-20-12-15-14-10(11(18)16(12)13)8-5-3-2-4-6-8/h2-6H,7,13H2,1H3. The highest BCUT2D eigenvalue weighted by Crippen LogP contribution is 2.15. The molecule has 2 aromatic rings. The van der Waals surface area contributed by atoms with E-state index in [-0.39, 0.29) is 16.6 Å². The number of esters is 1. The Morgan fingerprint density at radius 2 is 2.05 bits per heavy atom. The smallest absolute Gasteiger partial charge is 0.316 e. The van der Waals surface area contributed by atoms with Gasteiger partial charge in [-0.15, -0.1) is 10.2 Å². The van der Waals surface area contributed by atoms with Gasteiger partial charge >= 0.3 is 5.97 Å². The molecule has 0 amide bonds. The van der Waals surface area contributed by atoms with Gasteiger partial charge in [0.2, 0.25) is 5.16 Å². The number of methoxy groups -OCH3 is 1. The highest BCUT2D eigenvalue weighted by Gasteiger charge is 2.13. The van der Waals surface area contributed by atoms with Crippen LogP contribution in [0.1, 0.15) is 0 Å². The normalized spacial score (nSPS) is 10.2. The van der Waals surface area contributed by atoms with Crippen LogP contribution in [0.15, 0.2) is 40.3 Å². The first-order chi connectivity index (χ1) is 9.63. The first kappa shape index (κ1) is 14.1. The topological polar surface area (TPSA) is 100 Å². The van der Waals surface area contributed by atoms with Crippen LogP contribution in [0, 0.1) is 0 Å². The van der Waals surface area contributed by atoms with Crippen molar-refractivity contribution in [1.82, 2.24) is 14.9 Å². The fraction of sp³-hybridized carbons (Fsp3) is 0.167. The Bertz CT molecular complexity index is 672. The van der Waals surface area contributed by atoms with Gasteiger partial charge < -0.3 is 10.6 Å². The molecule has 0 radical (unpaired) electrons. The highest BCUT2D eigenvalue weighted by atomic mass is 32.2. The third-order valence-electron chi connectivity index (χ3n) is 2.46. The van der Waals surface area contributed by atoms with Gasteiger partial charge in [-0.1, -0.05) is 42.1 Å². The molecule has 0 aliphatic heterocycles. The number of aromatic nitrogens is 3. The minimum absolute atomic E-state index is 0.00645. The van der Waals surface area contributed by atoms with Crippen LogP contribution in [-0.4, -0.2) is 33.7 Å². The zero-order chi connectivity index (χ0) is 14.5. The summed E-state index contributed by atoms with van der Waals surface area (Å²) in [6.45, 7) is 0. The maximum atomic E-state index is 12.1. The molecule has 7 nitrogen and oxygen atoms in total. The fourth-order valence-corrected chi connectivity index (χ4v) is 2.13. The summed E-state index contributed by atoms with van der Waals surface area (Å²) in [6, 6.07) is 8.90. The van der Waals surface area contributed by atoms with Crippen molar-refractivity contribution < 1.29 is 9.53 Å². The summed E-state index contributed by atoms with van der Waals surface area (Å²) in [4.78, 5) is 23.2. The number of hydrogen-bond acceptors (Lipinski definition) is 7. The highest BCUT2D eigenvalue weighted by molar-refractivity contribution is 7.99. The molecular weight excluding hydrogens is 280 g/mol. The van der Waals surface area contributed by atoms with Crippen molar-refractivity contribution in [3.63, 3.8) is 0 Å². The second-order valence-electron chi connectivity index (χ2n) is 3.74. The first-order valence-corrected chi connectivity index (χ1v) is 6.62. The van der Waals surface area contributed by atoms with Crippen molar-refractivity contribution in [1.29, 1.82) is 0 Å². The summed E-state index contributed by atoms with van der Waals surface area (Å²) >= 11 is 0.988. The van der Waals surface area contributed by atoms with Gasteiger partial charge in [0, 0.05) is 5.56 Å². The Kier molecular flexibility index (Phi) is 4.36. The molecule has 1 aromatic carbocycles. The van der Waals surface area contributed by atoms with Crippen LogP contribution in [0.3, 0.4) is 0 Å². The minimum Gasteiger partial charge on any atom is -0.468 e.